The van der Waals surface area contributed by atoms with Gasteiger partial charge in [0.2, 0.25) is 0 Å². The third kappa shape index (κ3) is 2.41. The average molecular weight is 248 g/mol. The molecule has 1 aromatic rings. The molecule has 0 radical (unpaired) electrons. The van der Waals surface area contributed by atoms with Crippen LogP contribution in [0.3, 0.4) is 0 Å². The van der Waals surface area contributed by atoms with Gasteiger partial charge in [0.15, 0.2) is 0 Å². The van der Waals surface area contributed by atoms with Gasteiger partial charge in [0.25, 0.3) is 0 Å². The van der Waals surface area contributed by atoms with E-state index in [0.717, 1.165) is 44.1 Å². The van der Waals surface area contributed by atoms with Crippen LogP contribution in [0.1, 0.15) is 25.7 Å². The van der Waals surface area contributed by atoms with E-state index in [-0.39, 0.29) is 6.10 Å². The van der Waals surface area contributed by atoms with Crippen LogP contribution < -0.4 is 9.80 Å². The van der Waals surface area contributed by atoms with E-state index in [1.807, 2.05) is 0 Å². The van der Waals surface area contributed by atoms with E-state index in [1.54, 1.807) is 6.33 Å². The van der Waals surface area contributed by atoms with Gasteiger partial charge >= 0.3 is 0 Å². The smallest absolute Gasteiger partial charge is 0.134 e. The molecule has 2 aliphatic rings. The normalized spacial score (nSPS) is 24.6. The summed E-state index contributed by atoms with van der Waals surface area (Å²) in [6.45, 7) is 3.86. The van der Waals surface area contributed by atoms with Crippen LogP contribution >= 0.6 is 0 Å². The zero-order chi connectivity index (χ0) is 12.4. The Kier molecular flexibility index (Phi) is 3.32. The van der Waals surface area contributed by atoms with Crippen molar-refractivity contribution in [3.8, 4) is 0 Å². The Morgan fingerprint density at radius 2 is 1.67 bits per heavy atom. The molecule has 18 heavy (non-hydrogen) atoms. The van der Waals surface area contributed by atoms with Gasteiger partial charge in [-0.25, -0.2) is 9.97 Å². The van der Waals surface area contributed by atoms with Crippen molar-refractivity contribution in [2.24, 2.45) is 0 Å². The van der Waals surface area contributed by atoms with E-state index >= 15 is 0 Å². The number of anilines is 2. The van der Waals surface area contributed by atoms with Crippen molar-refractivity contribution in [2.45, 2.75) is 31.8 Å². The predicted molar refractivity (Wildman–Crippen MR) is 70.9 cm³/mol. The van der Waals surface area contributed by atoms with Gasteiger partial charge in [0.1, 0.15) is 18.0 Å². The molecule has 2 saturated heterocycles. The number of aliphatic hydroxyl groups excluding tert-OH is 1. The first-order valence-corrected chi connectivity index (χ1v) is 6.83. The topological polar surface area (TPSA) is 52.5 Å². The molecule has 5 nitrogen and oxygen atoms in total. The van der Waals surface area contributed by atoms with E-state index in [4.69, 9.17) is 0 Å². The Morgan fingerprint density at radius 1 is 1.00 bits per heavy atom. The highest BCUT2D eigenvalue weighted by Crippen LogP contribution is 2.23. The lowest BCUT2D eigenvalue weighted by Gasteiger charge is -2.31. The molecule has 0 saturated carbocycles. The van der Waals surface area contributed by atoms with Crippen molar-refractivity contribution < 1.29 is 5.11 Å². The molecule has 1 aromatic heterocycles. The summed E-state index contributed by atoms with van der Waals surface area (Å²) in [5, 5.41) is 9.73. The average Bonchev–Trinajstić information content (AvgIpc) is 2.93. The minimum Gasteiger partial charge on any atom is -0.391 e. The van der Waals surface area contributed by atoms with Crippen LogP contribution in [0.25, 0.3) is 0 Å². The highest BCUT2D eigenvalue weighted by atomic mass is 16.3. The SMILES string of the molecule is OC1CCCN(c2cc(N3CCCC3)ncn2)C1. The Balaban J connectivity index is 1.77. The van der Waals surface area contributed by atoms with Gasteiger partial charge in [0.05, 0.1) is 6.10 Å². The molecule has 3 rings (SSSR count). The second kappa shape index (κ2) is 5.10. The van der Waals surface area contributed by atoms with Gasteiger partial charge in [-0.1, -0.05) is 0 Å². The first-order valence-electron chi connectivity index (χ1n) is 6.83. The summed E-state index contributed by atoms with van der Waals surface area (Å²) in [5.74, 6) is 1.98. The Morgan fingerprint density at radius 3 is 2.39 bits per heavy atom. The molecule has 5 heteroatoms. The van der Waals surface area contributed by atoms with Crippen molar-refractivity contribution >= 4 is 11.6 Å². The van der Waals surface area contributed by atoms with Crippen molar-refractivity contribution in [3.05, 3.63) is 12.4 Å². The lowest BCUT2D eigenvalue weighted by Crippen LogP contribution is -2.38. The fourth-order valence-electron chi connectivity index (χ4n) is 2.79. The molecule has 98 valence electrons. The van der Waals surface area contributed by atoms with Gasteiger partial charge < -0.3 is 14.9 Å². The minimum atomic E-state index is -0.219. The van der Waals surface area contributed by atoms with Gasteiger partial charge in [-0.2, -0.15) is 0 Å². The Labute approximate surface area is 107 Å². The third-order valence-corrected chi connectivity index (χ3v) is 3.79. The highest BCUT2D eigenvalue weighted by molar-refractivity contribution is 5.50. The predicted octanol–water partition coefficient (Wildman–Crippen LogP) is 1.04. The summed E-state index contributed by atoms with van der Waals surface area (Å²) in [5.41, 5.74) is 0. The van der Waals surface area contributed by atoms with Gasteiger partial charge in [-0.3, -0.25) is 0 Å². The second-order valence-corrected chi connectivity index (χ2v) is 5.17. The zero-order valence-corrected chi connectivity index (χ0v) is 10.6. The molecular formula is C13H20N4O. The quantitative estimate of drug-likeness (QED) is 0.847. The maximum atomic E-state index is 9.73. The van der Waals surface area contributed by atoms with E-state index in [2.05, 4.69) is 25.8 Å². The molecule has 2 fully saturated rings. The van der Waals surface area contributed by atoms with Crippen LogP contribution in [0, 0.1) is 0 Å². The first kappa shape index (κ1) is 11.7. The number of hydrogen-bond donors (Lipinski definition) is 1. The first-order chi connectivity index (χ1) is 8.83. The molecular weight excluding hydrogens is 228 g/mol. The third-order valence-electron chi connectivity index (χ3n) is 3.79. The monoisotopic (exact) mass is 248 g/mol. The number of aliphatic hydroxyl groups is 1. The molecule has 3 heterocycles. The molecule has 0 bridgehead atoms. The number of piperidine rings is 1. The fraction of sp³-hybridized carbons (Fsp3) is 0.692. The zero-order valence-electron chi connectivity index (χ0n) is 10.6. The largest absolute Gasteiger partial charge is 0.391 e. The Bertz CT molecular complexity index is 406. The molecule has 0 spiro atoms. The summed E-state index contributed by atoms with van der Waals surface area (Å²) in [4.78, 5) is 13.2. The lowest BCUT2D eigenvalue weighted by molar-refractivity contribution is 0.154. The summed E-state index contributed by atoms with van der Waals surface area (Å²) in [6, 6.07) is 2.06. The van der Waals surface area contributed by atoms with Crippen molar-refractivity contribution in [3.63, 3.8) is 0 Å². The molecule has 0 aromatic carbocycles. The van der Waals surface area contributed by atoms with Crippen LogP contribution in [-0.4, -0.2) is 47.4 Å². The van der Waals surface area contributed by atoms with Crippen molar-refractivity contribution in [1.82, 2.24) is 9.97 Å². The number of nitrogens with zero attached hydrogens (tertiary/aromatic N) is 4. The van der Waals surface area contributed by atoms with Gasteiger partial charge in [-0.05, 0) is 25.7 Å². The maximum absolute atomic E-state index is 9.73. The Hall–Kier alpha value is -1.36. The van der Waals surface area contributed by atoms with E-state index in [0.29, 0.717) is 6.54 Å². The molecule has 1 unspecified atom stereocenters. The lowest BCUT2D eigenvalue weighted by atomic mass is 10.1. The number of β-amino-alcohol motifs (C(OH)–C–C–N with tert-alkyl or cyclic N) is 1. The molecule has 2 aliphatic heterocycles. The number of hydrogen-bond acceptors (Lipinski definition) is 5. The summed E-state index contributed by atoms with van der Waals surface area (Å²) in [7, 11) is 0. The van der Waals surface area contributed by atoms with Crippen LogP contribution in [0.15, 0.2) is 12.4 Å². The van der Waals surface area contributed by atoms with Crippen LogP contribution in [0.5, 0.6) is 0 Å². The standard InChI is InChI=1S/C13H20N4O/c18-11-4-3-7-17(9-11)13-8-12(14-10-15-13)16-5-1-2-6-16/h8,10-11,18H,1-7,9H2. The van der Waals surface area contributed by atoms with Crippen LogP contribution in [0.4, 0.5) is 11.6 Å². The fourth-order valence-corrected chi connectivity index (χ4v) is 2.79. The summed E-state index contributed by atoms with van der Waals surface area (Å²) >= 11 is 0. The molecule has 0 amide bonds. The second-order valence-electron chi connectivity index (χ2n) is 5.17. The molecule has 0 aliphatic carbocycles. The summed E-state index contributed by atoms with van der Waals surface area (Å²) < 4.78 is 0. The number of aromatic nitrogens is 2. The van der Waals surface area contributed by atoms with E-state index in [1.165, 1.54) is 12.8 Å². The maximum Gasteiger partial charge on any atom is 0.134 e. The summed E-state index contributed by atoms with van der Waals surface area (Å²) in [6.07, 6.45) is 5.86. The molecule has 1 N–H and O–H groups in total. The molecule has 1 atom stereocenters. The van der Waals surface area contributed by atoms with Gasteiger partial charge in [-0.15, -0.1) is 0 Å². The van der Waals surface area contributed by atoms with E-state index < -0.39 is 0 Å². The highest BCUT2D eigenvalue weighted by Gasteiger charge is 2.20. The van der Waals surface area contributed by atoms with Crippen LogP contribution in [-0.2, 0) is 0 Å². The minimum absolute atomic E-state index is 0.219. The number of rotatable bonds is 2. The van der Waals surface area contributed by atoms with Gasteiger partial charge in [0, 0.05) is 32.2 Å². The van der Waals surface area contributed by atoms with Crippen molar-refractivity contribution in [2.75, 3.05) is 36.0 Å². The van der Waals surface area contributed by atoms with Crippen LogP contribution in [0.2, 0.25) is 0 Å². The van der Waals surface area contributed by atoms with Crippen molar-refractivity contribution in [1.29, 1.82) is 0 Å². The van der Waals surface area contributed by atoms with E-state index in [9.17, 15) is 5.11 Å².